The van der Waals surface area contributed by atoms with Crippen molar-refractivity contribution in [3.63, 3.8) is 0 Å². The topological polar surface area (TPSA) is 49.4 Å². The number of benzene rings is 1. The summed E-state index contributed by atoms with van der Waals surface area (Å²) in [6.07, 6.45) is 0.322. The lowest BCUT2D eigenvalue weighted by Crippen LogP contribution is -2.42. The molecule has 0 radical (unpaired) electrons. The summed E-state index contributed by atoms with van der Waals surface area (Å²) in [5.41, 5.74) is 2.03. The zero-order valence-electron chi connectivity index (χ0n) is 13.7. The third kappa shape index (κ3) is 6.43. The molecule has 2 amide bonds. The van der Waals surface area contributed by atoms with Crippen LogP contribution in [0.4, 0.5) is 0 Å². The first-order chi connectivity index (χ1) is 9.69. The Morgan fingerprint density at radius 1 is 1.19 bits per heavy atom. The van der Waals surface area contributed by atoms with Gasteiger partial charge in [-0.15, -0.1) is 0 Å². The Labute approximate surface area is 127 Å². The van der Waals surface area contributed by atoms with Crippen molar-refractivity contribution in [2.45, 2.75) is 53.1 Å². The molecule has 0 spiro atoms. The Balaban J connectivity index is 2.61. The molecule has 0 atom stereocenters. The third-order valence-corrected chi connectivity index (χ3v) is 3.19. The molecule has 0 fully saturated rings. The number of hydrogen-bond acceptors (Lipinski definition) is 2. The predicted octanol–water partition coefficient (Wildman–Crippen LogP) is 2.65. The van der Waals surface area contributed by atoms with E-state index in [1.54, 1.807) is 11.8 Å². The predicted molar refractivity (Wildman–Crippen MR) is 84.8 cm³/mol. The van der Waals surface area contributed by atoms with Crippen LogP contribution >= 0.6 is 0 Å². The van der Waals surface area contributed by atoms with Gasteiger partial charge in [0.05, 0.1) is 0 Å². The summed E-state index contributed by atoms with van der Waals surface area (Å²) in [4.78, 5) is 25.3. The maximum absolute atomic E-state index is 11.9. The Morgan fingerprint density at radius 3 is 2.33 bits per heavy atom. The van der Waals surface area contributed by atoms with Gasteiger partial charge in [-0.3, -0.25) is 9.59 Å². The zero-order valence-corrected chi connectivity index (χ0v) is 13.7. The van der Waals surface area contributed by atoms with Gasteiger partial charge in [-0.05, 0) is 38.8 Å². The van der Waals surface area contributed by atoms with Crippen LogP contribution < -0.4 is 5.32 Å². The average Bonchev–Trinajstić information content (AvgIpc) is 2.34. The second kappa shape index (κ2) is 7.25. The second-order valence-electron chi connectivity index (χ2n) is 6.42. The molecule has 1 aromatic rings. The summed E-state index contributed by atoms with van der Waals surface area (Å²) in [7, 11) is 0. The molecular formula is C17H26N2O2. The standard InChI is InChI=1S/C17H26N2O2/c1-13-8-6-7-9-15(13)12-19(14(2)20)11-10-16(21)18-17(3,4)5/h6-9H,10-12H2,1-5H3,(H,18,21). The van der Waals surface area contributed by atoms with E-state index in [1.165, 1.54) is 0 Å². The van der Waals surface area contributed by atoms with Gasteiger partial charge in [-0.1, -0.05) is 24.3 Å². The molecule has 116 valence electrons. The summed E-state index contributed by atoms with van der Waals surface area (Å²) in [6, 6.07) is 7.99. The van der Waals surface area contributed by atoms with Gasteiger partial charge < -0.3 is 10.2 Å². The van der Waals surface area contributed by atoms with Gasteiger partial charge in [0.1, 0.15) is 0 Å². The lowest BCUT2D eigenvalue weighted by Gasteiger charge is -2.24. The molecule has 0 saturated carbocycles. The molecule has 0 unspecified atom stereocenters. The van der Waals surface area contributed by atoms with Crippen LogP contribution in [0.5, 0.6) is 0 Å². The first-order valence-electron chi connectivity index (χ1n) is 7.30. The van der Waals surface area contributed by atoms with E-state index in [0.717, 1.165) is 11.1 Å². The second-order valence-corrected chi connectivity index (χ2v) is 6.42. The number of hydrogen-bond donors (Lipinski definition) is 1. The van der Waals surface area contributed by atoms with Crippen molar-refractivity contribution in [1.82, 2.24) is 10.2 Å². The van der Waals surface area contributed by atoms with Gasteiger partial charge in [0.15, 0.2) is 0 Å². The van der Waals surface area contributed by atoms with Gasteiger partial charge >= 0.3 is 0 Å². The molecule has 4 heteroatoms. The molecule has 0 aromatic heterocycles. The van der Waals surface area contributed by atoms with E-state index in [1.807, 2.05) is 52.0 Å². The number of rotatable bonds is 5. The fourth-order valence-electron chi connectivity index (χ4n) is 2.06. The fourth-order valence-corrected chi connectivity index (χ4v) is 2.06. The quantitative estimate of drug-likeness (QED) is 0.906. The molecule has 0 aliphatic heterocycles. The normalized spacial score (nSPS) is 11.1. The lowest BCUT2D eigenvalue weighted by atomic mass is 10.1. The van der Waals surface area contributed by atoms with E-state index in [2.05, 4.69) is 5.32 Å². The van der Waals surface area contributed by atoms with E-state index >= 15 is 0 Å². The SMILES string of the molecule is CC(=O)N(CCC(=O)NC(C)(C)C)Cc1ccccc1C. The van der Waals surface area contributed by atoms with Crippen LogP contribution in [0, 0.1) is 6.92 Å². The minimum absolute atomic E-state index is 0.0122. The Kier molecular flexibility index (Phi) is 5.94. The molecule has 0 aliphatic carbocycles. The molecule has 21 heavy (non-hydrogen) atoms. The van der Waals surface area contributed by atoms with Crippen molar-refractivity contribution in [2.75, 3.05) is 6.54 Å². The van der Waals surface area contributed by atoms with Crippen molar-refractivity contribution in [3.8, 4) is 0 Å². The largest absolute Gasteiger partial charge is 0.351 e. The number of amides is 2. The van der Waals surface area contributed by atoms with Crippen molar-refractivity contribution in [2.24, 2.45) is 0 Å². The van der Waals surface area contributed by atoms with E-state index in [4.69, 9.17) is 0 Å². The van der Waals surface area contributed by atoms with Crippen LogP contribution in [0.15, 0.2) is 24.3 Å². The van der Waals surface area contributed by atoms with Crippen molar-refractivity contribution in [3.05, 3.63) is 35.4 Å². The van der Waals surface area contributed by atoms with Gasteiger partial charge in [-0.25, -0.2) is 0 Å². The fraction of sp³-hybridized carbons (Fsp3) is 0.529. The van der Waals surface area contributed by atoms with Crippen LogP contribution in [0.25, 0.3) is 0 Å². The van der Waals surface area contributed by atoms with E-state index in [9.17, 15) is 9.59 Å². The summed E-state index contributed by atoms with van der Waals surface area (Å²) in [6.45, 7) is 10.4. The number of carbonyl (C=O) groups is 2. The summed E-state index contributed by atoms with van der Waals surface area (Å²) < 4.78 is 0. The van der Waals surface area contributed by atoms with Crippen LogP contribution in [-0.2, 0) is 16.1 Å². The molecule has 0 bridgehead atoms. The smallest absolute Gasteiger partial charge is 0.222 e. The molecule has 1 rings (SSSR count). The third-order valence-electron chi connectivity index (χ3n) is 3.19. The average molecular weight is 290 g/mol. The van der Waals surface area contributed by atoms with Gasteiger partial charge in [0.2, 0.25) is 11.8 Å². The Bertz CT molecular complexity index is 504. The van der Waals surface area contributed by atoms with Gasteiger partial charge in [-0.2, -0.15) is 0 Å². The van der Waals surface area contributed by atoms with Gasteiger partial charge in [0.25, 0.3) is 0 Å². The Morgan fingerprint density at radius 2 is 1.81 bits per heavy atom. The van der Waals surface area contributed by atoms with E-state index < -0.39 is 0 Å². The molecule has 0 heterocycles. The number of nitrogens with zero attached hydrogens (tertiary/aromatic N) is 1. The molecule has 0 saturated heterocycles. The lowest BCUT2D eigenvalue weighted by molar-refractivity contribution is -0.130. The van der Waals surface area contributed by atoms with Crippen molar-refractivity contribution in [1.29, 1.82) is 0 Å². The molecular weight excluding hydrogens is 264 g/mol. The highest BCUT2D eigenvalue weighted by Gasteiger charge is 2.16. The maximum Gasteiger partial charge on any atom is 0.222 e. The number of nitrogens with one attached hydrogen (secondary N) is 1. The zero-order chi connectivity index (χ0) is 16.0. The molecule has 1 N–H and O–H groups in total. The van der Waals surface area contributed by atoms with Crippen molar-refractivity contribution >= 4 is 11.8 Å². The van der Waals surface area contributed by atoms with Crippen LogP contribution in [-0.4, -0.2) is 28.8 Å². The Hall–Kier alpha value is -1.84. The van der Waals surface area contributed by atoms with E-state index in [0.29, 0.717) is 19.5 Å². The first kappa shape index (κ1) is 17.2. The van der Waals surface area contributed by atoms with Gasteiger partial charge in [0, 0.05) is 32.0 Å². The van der Waals surface area contributed by atoms with Crippen molar-refractivity contribution < 1.29 is 9.59 Å². The van der Waals surface area contributed by atoms with E-state index in [-0.39, 0.29) is 17.4 Å². The number of carbonyl (C=O) groups excluding carboxylic acids is 2. The monoisotopic (exact) mass is 290 g/mol. The summed E-state index contributed by atoms with van der Waals surface area (Å²) in [5, 5.41) is 2.91. The molecule has 0 aliphatic rings. The minimum atomic E-state index is -0.242. The maximum atomic E-state index is 11.9. The minimum Gasteiger partial charge on any atom is -0.351 e. The van der Waals surface area contributed by atoms with Crippen LogP contribution in [0.3, 0.4) is 0 Å². The highest BCUT2D eigenvalue weighted by molar-refractivity contribution is 5.78. The molecule has 1 aromatic carbocycles. The highest BCUT2D eigenvalue weighted by atomic mass is 16.2. The van der Waals surface area contributed by atoms with Crippen LogP contribution in [0.1, 0.15) is 45.2 Å². The summed E-state index contributed by atoms with van der Waals surface area (Å²) >= 11 is 0. The first-order valence-corrected chi connectivity index (χ1v) is 7.30. The molecule has 4 nitrogen and oxygen atoms in total. The highest BCUT2D eigenvalue weighted by Crippen LogP contribution is 2.11. The van der Waals surface area contributed by atoms with Crippen LogP contribution in [0.2, 0.25) is 0 Å². The summed E-state index contributed by atoms with van der Waals surface area (Å²) in [5.74, 6) is -0.0413. The number of aryl methyl sites for hydroxylation is 1.